The van der Waals surface area contributed by atoms with Gasteiger partial charge in [-0.1, -0.05) is 37.9 Å². The van der Waals surface area contributed by atoms with E-state index in [-0.39, 0.29) is 6.41 Å². The van der Waals surface area contributed by atoms with E-state index >= 15 is 0 Å². The molecule has 2 N–H and O–H groups in total. The van der Waals surface area contributed by atoms with E-state index in [1.807, 2.05) is 24.3 Å². The van der Waals surface area contributed by atoms with Gasteiger partial charge in [0.15, 0.2) is 0 Å². The number of nitrogens with two attached hydrogens (primary N) is 1. The lowest BCUT2D eigenvalue weighted by Gasteiger charge is -1.87. The molecular weight excluding hydrogens is 274 g/mol. The minimum atomic E-state index is 0.250. The lowest BCUT2D eigenvalue weighted by molar-refractivity contribution is -0.106. The van der Waals surface area contributed by atoms with E-state index in [1.54, 1.807) is 0 Å². The third kappa shape index (κ3) is 6.06. The standard InChI is InChI=1S/C6H4Br2.CH3NO/c7-5-2-1-3-6(8)4-5;2-1-3/h1-4H;1H,(H2,2,3). The molecule has 11 heavy (non-hydrogen) atoms. The van der Waals surface area contributed by atoms with Gasteiger partial charge in [-0.25, -0.2) is 0 Å². The van der Waals surface area contributed by atoms with E-state index in [0.717, 1.165) is 8.95 Å². The van der Waals surface area contributed by atoms with Crippen LogP contribution in [0.5, 0.6) is 0 Å². The summed E-state index contributed by atoms with van der Waals surface area (Å²) in [6, 6.07) is 7.96. The van der Waals surface area contributed by atoms with Gasteiger partial charge >= 0.3 is 0 Å². The molecule has 0 aliphatic carbocycles. The molecule has 0 saturated heterocycles. The molecule has 0 radical (unpaired) electrons. The van der Waals surface area contributed by atoms with Gasteiger partial charge in [0, 0.05) is 8.95 Å². The molecule has 1 aromatic carbocycles. The van der Waals surface area contributed by atoms with E-state index in [9.17, 15) is 0 Å². The van der Waals surface area contributed by atoms with Gasteiger partial charge in [0.2, 0.25) is 6.41 Å². The fourth-order valence-corrected chi connectivity index (χ4v) is 1.57. The van der Waals surface area contributed by atoms with Crippen LogP contribution in [0.3, 0.4) is 0 Å². The zero-order chi connectivity index (χ0) is 8.69. The largest absolute Gasteiger partial charge is 0.372 e. The highest BCUT2D eigenvalue weighted by Crippen LogP contribution is 2.15. The fraction of sp³-hybridized carbons (Fsp3) is 0. The molecule has 1 amide bonds. The van der Waals surface area contributed by atoms with Crippen LogP contribution >= 0.6 is 31.9 Å². The van der Waals surface area contributed by atoms with Crippen LogP contribution in [0.4, 0.5) is 0 Å². The second-order valence-corrected chi connectivity index (χ2v) is 3.41. The van der Waals surface area contributed by atoms with Gasteiger partial charge in [0.05, 0.1) is 0 Å². The number of carbonyl (C=O) groups is 1. The van der Waals surface area contributed by atoms with Crippen molar-refractivity contribution >= 4 is 38.3 Å². The summed E-state index contributed by atoms with van der Waals surface area (Å²) in [7, 11) is 0. The number of carbonyl (C=O) groups excluding carboxylic acids is 1. The Bertz CT molecular complexity index is 210. The molecule has 1 rings (SSSR count). The lowest BCUT2D eigenvalue weighted by atomic mass is 10.4. The Morgan fingerprint density at radius 2 is 1.64 bits per heavy atom. The Kier molecular flexibility index (Phi) is 6.16. The summed E-state index contributed by atoms with van der Waals surface area (Å²) in [6.45, 7) is 0. The fourth-order valence-electron chi connectivity index (χ4n) is 0.460. The van der Waals surface area contributed by atoms with Crippen molar-refractivity contribution in [2.45, 2.75) is 0 Å². The van der Waals surface area contributed by atoms with E-state index in [2.05, 4.69) is 37.6 Å². The normalized spacial score (nSPS) is 7.82. The van der Waals surface area contributed by atoms with Crippen LogP contribution in [0.25, 0.3) is 0 Å². The van der Waals surface area contributed by atoms with Crippen molar-refractivity contribution in [2.75, 3.05) is 0 Å². The minimum Gasteiger partial charge on any atom is -0.372 e. The first kappa shape index (κ1) is 10.7. The van der Waals surface area contributed by atoms with Gasteiger partial charge in [-0.3, -0.25) is 4.79 Å². The third-order valence-corrected chi connectivity index (χ3v) is 1.77. The topological polar surface area (TPSA) is 43.1 Å². The van der Waals surface area contributed by atoms with Gasteiger partial charge in [-0.15, -0.1) is 0 Å². The number of halogens is 2. The maximum Gasteiger partial charge on any atom is 0.204 e. The smallest absolute Gasteiger partial charge is 0.204 e. The molecule has 0 spiro atoms. The summed E-state index contributed by atoms with van der Waals surface area (Å²) in [4.78, 5) is 8.58. The predicted octanol–water partition coefficient (Wildman–Crippen LogP) is 2.31. The Hall–Kier alpha value is -0.350. The summed E-state index contributed by atoms with van der Waals surface area (Å²) < 4.78 is 2.21. The first-order valence-corrected chi connectivity index (χ1v) is 4.35. The molecule has 0 fully saturated rings. The SMILES string of the molecule is Brc1cccc(Br)c1.NC=O. The number of benzene rings is 1. The monoisotopic (exact) mass is 279 g/mol. The van der Waals surface area contributed by atoms with E-state index in [1.165, 1.54) is 0 Å². The highest BCUT2D eigenvalue weighted by Gasteiger charge is 1.84. The van der Waals surface area contributed by atoms with Crippen molar-refractivity contribution in [2.24, 2.45) is 5.73 Å². The Labute approximate surface area is 82.0 Å². The number of amides is 1. The van der Waals surface area contributed by atoms with Crippen LogP contribution in [-0.2, 0) is 4.79 Å². The summed E-state index contributed by atoms with van der Waals surface area (Å²) in [5.74, 6) is 0. The number of hydrogen-bond donors (Lipinski definition) is 1. The highest BCUT2D eigenvalue weighted by molar-refractivity contribution is 9.11. The molecule has 0 atom stereocenters. The van der Waals surface area contributed by atoms with Gasteiger partial charge in [-0.2, -0.15) is 0 Å². The molecule has 2 nitrogen and oxygen atoms in total. The van der Waals surface area contributed by atoms with E-state index in [0.29, 0.717) is 0 Å². The summed E-state index contributed by atoms with van der Waals surface area (Å²) in [5.41, 5.74) is 4.17. The Balaban J connectivity index is 0.000000292. The van der Waals surface area contributed by atoms with E-state index in [4.69, 9.17) is 4.79 Å². The van der Waals surface area contributed by atoms with Crippen molar-refractivity contribution in [1.29, 1.82) is 0 Å². The van der Waals surface area contributed by atoms with Crippen molar-refractivity contribution in [3.05, 3.63) is 33.2 Å². The molecular formula is C7H7Br2NO. The number of rotatable bonds is 0. The molecule has 0 aliphatic rings. The summed E-state index contributed by atoms with van der Waals surface area (Å²) >= 11 is 6.66. The molecule has 0 aromatic heterocycles. The van der Waals surface area contributed by atoms with Crippen LogP contribution in [0.1, 0.15) is 0 Å². The molecule has 0 unspecified atom stereocenters. The Morgan fingerprint density at radius 1 is 1.27 bits per heavy atom. The van der Waals surface area contributed by atoms with Crippen LogP contribution in [0.2, 0.25) is 0 Å². The molecule has 1 aromatic rings. The van der Waals surface area contributed by atoms with Crippen molar-refractivity contribution < 1.29 is 4.79 Å². The van der Waals surface area contributed by atoms with Gasteiger partial charge in [0.25, 0.3) is 0 Å². The number of primary amides is 1. The second-order valence-electron chi connectivity index (χ2n) is 1.58. The van der Waals surface area contributed by atoms with E-state index < -0.39 is 0 Å². The zero-order valence-electron chi connectivity index (χ0n) is 5.63. The average Bonchev–Trinajstić information content (AvgIpc) is 1.88. The molecule has 0 aliphatic heterocycles. The van der Waals surface area contributed by atoms with Crippen molar-refractivity contribution in [3.8, 4) is 0 Å². The first-order valence-electron chi connectivity index (χ1n) is 2.77. The second kappa shape index (κ2) is 6.37. The maximum atomic E-state index is 8.58. The van der Waals surface area contributed by atoms with Gasteiger partial charge in [-0.05, 0) is 18.2 Å². The van der Waals surface area contributed by atoms with Crippen LogP contribution in [-0.4, -0.2) is 6.41 Å². The number of hydrogen-bond acceptors (Lipinski definition) is 1. The van der Waals surface area contributed by atoms with Crippen molar-refractivity contribution in [3.63, 3.8) is 0 Å². The molecule has 60 valence electrons. The first-order chi connectivity index (χ1) is 5.20. The molecule has 0 saturated carbocycles. The van der Waals surface area contributed by atoms with Crippen LogP contribution in [0, 0.1) is 0 Å². The highest BCUT2D eigenvalue weighted by atomic mass is 79.9. The third-order valence-electron chi connectivity index (χ3n) is 0.787. The van der Waals surface area contributed by atoms with Crippen molar-refractivity contribution in [1.82, 2.24) is 0 Å². The predicted molar refractivity (Wildman–Crippen MR) is 52.1 cm³/mol. The molecule has 0 heterocycles. The van der Waals surface area contributed by atoms with Crippen LogP contribution < -0.4 is 5.73 Å². The quantitative estimate of drug-likeness (QED) is 0.728. The zero-order valence-corrected chi connectivity index (χ0v) is 8.80. The average molecular weight is 281 g/mol. The Morgan fingerprint density at radius 3 is 1.82 bits per heavy atom. The lowest BCUT2D eigenvalue weighted by Crippen LogP contribution is -1.82. The molecule has 4 heteroatoms. The van der Waals surface area contributed by atoms with Gasteiger partial charge < -0.3 is 5.73 Å². The summed E-state index contributed by atoms with van der Waals surface area (Å²) in [6.07, 6.45) is 0.250. The summed E-state index contributed by atoms with van der Waals surface area (Å²) in [5, 5.41) is 0. The molecule has 0 bridgehead atoms. The maximum absolute atomic E-state index is 8.58. The van der Waals surface area contributed by atoms with Gasteiger partial charge in [0.1, 0.15) is 0 Å². The van der Waals surface area contributed by atoms with Crippen LogP contribution in [0.15, 0.2) is 33.2 Å². The minimum absolute atomic E-state index is 0.250.